The lowest BCUT2D eigenvalue weighted by molar-refractivity contribution is -0.143. The molecule has 1 heterocycles. The van der Waals surface area contributed by atoms with Crippen molar-refractivity contribution < 1.29 is 17.9 Å². The summed E-state index contributed by atoms with van der Waals surface area (Å²) in [4.78, 5) is 14.0. The Hall–Kier alpha value is -1.15. The van der Waals surface area contributed by atoms with Gasteiger partial charge in [0, 0.05) is 31.1 Å². The molecule has 23 heavy (non-hydrogen) atoms. The van der Waals surface area contributed by atoms with E-state index in [1.54, 1.807) is 17.0 Å². The summed E-state index contributed by atoms with van der Waals surface area (Å²) in [6.07, 6.45) is 0.0934. The highest BCUT2D eigenvalue weighted by molar-refractivity contribution is 7.89. The maximum absolute atomic E-state index is 12.2. The molecule has 6 nitrogen and oxygen atoms in total. The zero-order chi connectivity index (χ0) is 17.0. The zero-order valence-electron chi connectivity index (χ0n) is 13.2. The molecule has 1 aliphatic heterocycles. The van der Waals surface area contributed by atoms with E-state index in [-0.39, 0.29) is 36.0 Å². The minimum absolute atomic E-state index is 0.00847. The van der Waals surface area contributed by atoms with Crippen LogP contribution in [0.1, 0.15) is 20.3 Å². The molecule has 8 heteroatoms. The predicted molar refractivity (Wildman–Crippen MR) is 87.8 cm³/mol. The smallest absolute Gasteiger partial charge is 0.240 e. The first-order valence-corrected chi connectivity index (χ1v) is 9.32. The zero-order valence-corrected chi connectivity index (χ0v) is 14.7. The average Bonchev–Trinajstić information content (AvgIpc) is 2.46. The van der Waals surface area contributed by atoms with Gasteiger partial charge in [-0.3, -0.25) is 4.79 Å². The molecular formula is C15H21ClN2O4S. The third-order valence-electron chi connectivity index (χ3n) is 3.51. The number of halogens is 1. The van der Waals surface area contributed by atoms with Crippen LogP contribution in [-0.4, -0.2) is 51.1 Å². The largest absolute Gasteiger partial charge is 0.372 e. The minimum Gasteiger partial charge on any atom is -0.372 e. The molecule has 1 N–H and O–H groups in total. The molecule has 1 fully saturated rings. The second-order valence-corrected chi connectivity index (χ2v) is 7.86. The van der Waals surface area contributed by atoms with E-state index in [0.29, 0.717) is 18.1 Å². The van der Waals surface area contributed by atoms with Gasteiger partial charge in [-0.2, -0.15) is 0 Å². The van der Waals surface area contributed by atoms with Crippen molar-refractivity contribution in [1.82, 2.24) is 9.62 Å². The second kappa shape index (κ2) is 7.61. The van der Waals surface area contributed by atoms with E-state index >= 15 is 0 Å². The van der Waals surface area contributed by atoms with Crippen LogP contribution in [0.15, 0.2) is 29.2 Å². The highest BCUT2D eigenvalue weighted by Crippen LogP contribution is 2.15. The summed E-state index contributed by atoms with van der Waals surface area (Å²) in [7, 11) is -3.66. The molecule has 2 rings (SSSR count). The van der Waals surface area contributed by atoms with Gasteiger partial charge in [0.15, 0.2) is 0 Å². The molecule has 1 amide bonds. The number of benzene rings is 1. The summed E-state index contributed by atoms with van der Waals surface area (Å²) >= 11 is 5.80. The van der Waals surface area contributed by atoms with Crippen LogP contribution in [0.4, 0.5) is 0 Å². The van der Waals surface area contributed by atoms with Gasteiger partial charge in [-0.1, -0.05) is 17.7 Å². The van der Waals surface area contributed by atoms with Crippen LogP contribution < -0.4 is 4.72 Å². The van der Waals surface area contributed by atoms with Crippen LogP contribution in [0, 0.1) is 0 Å². The number of hydrogen-bond acceptors (Lipinski definition) is 4. The Balaban J connectivity index is 1.88. The lowest BCUT2D eigenvalue weighted by atomic mass is 10.2. The van der Waals surface area contributed by atoms with Gasteiger partial charge >= 0.3 is 0 Å². The van der Waals surface area contributed by atoms with Gasteiger partial charge in [-0.15, -0.1) is 0 Å². The summed E-state index contributed by atoms with van der Waals surface area (Å²) in [6, 6.07) is 6.00. The van der Waals surface area contributed by atoms with E-state index in [0.717, 1.165) is 0 Å². The molecule has 0 saturated carbocycles. The monoisotopic (exact) mass is 360 g/mol. The molecule has 1 aliphatic rings. The highest BCUT2D eigenvalue weighted by Gasteiger charge is 2.25. The topological polar surface area (TPSA) is 75.7 Å². The number of carbonyl (C=O) groups is 1. The fourth-order valence-electron chi connectivity index (χ4n) is 2.55. The molecule has 128 valence electrons. The molecule has 0 aromatic heterocycles. The standard InChI is InChI=1S/C15H21ClN2O4S/c1-11-9-18(10-12(2)22-11)15(19)6-7-17-23(20,21)14-5-3-4-13(16)8-14/h3-5,8,11-12,17H,6-7,9-10H2,1-2H3. The number of ether oxygens (including phenoxy) is 1. The van der Waals surface area contributed by atoms with Crippen LogP contribution in [0.2, 0.25) is 5.02 Å². The fourth-order valence-corrected chi connectivity index (χ4v) is 3.88. The maximum atomic E-state index is 12.2. The lowest BCUT2D eigenvalue weighted by Gasteiger charge is -2.35. The van der Waals surface area contributed by atoms with Gasteiger partial charge in [-0.25, -0.2) is 13.1 Å². The Morgan fingerprint density at radius 2 is 2.00 bits per heavy atom. The molecular weight excluding hydrogens is 340 g/mol. The van der Waals surface area contributed by atoms with Gasteiger partial charge in [0.1, 0.15) is 0 Å². The normalized spacial score (nSPS) is 22.1. The first-order chi connectivity index (χ1) is 10.8. The van der Waals surface area contributed by atoms with Crippen molar-refractivity contribution in [1.29, 1.82) is 0 Å². The molecule has 0 spiro atoms. The van der Waals surface area contributed by atoms with E-state index in [1.165, 1.54) is 12.1 Å². The number of morpholine rings is 1. The van der Waals surface area contributed by atoms with Crippen LogP contribution in [0.25, 0.3) is 0 Å². The summed E-state index contributed by atoms with van der Waals surface area (Å²) in [5.41, 5.74) is 0. The predicted octanol–water partition coefficient (Wildman–Crippen LogP) is 1.64. The Kier molecular flexibility index (Phi) is 6.02. The number of carbonyl (C=O) groups excluding carboxylic acids is 1. The SMILES string of the molecule is CC1CN(C(=O)CCNS(=O)(=O)c2cccc(Cl)c2)CC(C)O1. The Labute approximate surface area is 141 Å². The number of hydrogen-bond donors (Lipinski definition) is 1. The second-order valence-electron chi connectivity index (χ2n) is 5.66. The van der Waals surface area contributed by atoms with Crippen molar-refractivity contribution in [2.24, 2.45) is 0 Å². The van der Waals surface area contributed by atoms with Crippen LogP contribution >= 0.6 is 11.6 Å². The van der Waals surface area contributed by atoms with Crippen LogP contribution in [-0.2, 0) is 19.6 Å². The first kappa shape index (κ1) is 18.2. The van der Waals surface area contributed by atoms with Crippen molar-refractivity contribution >= 4 is 27.5 Å². The van der Waals surface area contributed by atoms with E-state index in [2.05, 4.69) is 4.72 Å². The van der Waals surface area contributed by atoms with Crippen molar-refractivity contribution in [2.75, 3.05) is 19.6 Å². The summed E-state index contributed by atoms with van der Waals surface area (Å²) in [6.45, 7) is 4.94. The number of nitrogens with zero attached hydrogens (tertiary/aromatic N) is 1. The van der Waals surface area contributed by atoms with E-state index in [1.807, 2.05) is 13.8 Å². The Morgan fingerprint density at radius 3 is 2.61 bits per heavy atom. The maximum Gasteiger partial charge on any atom is 0.240 e. The molecule has 1 aromatic carbocycles. The van der Waals surface area contributed by atoms with Crippen molar-refractivity contribution in [3.63, 3.8) is 0 Å². The summed E-state index contributed by atoms with van der Waals surface area (Å²) in [5, 5.41) is 0.347. The third kappa shape index (κ3) is 5.17. The molecule has 0 radical (unpaired) electrons. The minimum atomic E-state index is -3.66. The highest BCUT2D eigenvalue weighted by atomic mass is 35.5. The Morgan fingerprint density at radius 1 is 1.35 bits per heavy atom. The quantitative estimate of drug-likeness (QED) is 0.866. The number of sulfonamides is 1. The number of nitrogens with one attached hydrogen (secondary N) is 1. The van der Waals surface area contributed by atoms with Crippen molar-refractivity contribution in [3.8, 4) is 0 Å². The van der Waals surface area contributed by atoms with E-state index < -0.39 is 10.0 Å². The van der Waals surface area contributed by atoms with Crippen molar-refractivity contribution in [2.45, 2.75) is 37.4 Å². The molecule has 1 aromatic rings. The molecule has 2 unspecified atom stereocenters. The van der Waals surface area contributed by atoms with Crippen LogP contribution in [0.3, 0.4) is 0 Å². The summed E-state index contributed by atoms with van der Waals surface area (Å²) < 4.78 is 32.3. The van der Waals surface area contributed by atoms with Gasteiger partial charge in [0.05, 0.1) is 17.1 Å². The average molecular weight is 361 g/mol. The van der Waals surface area contributed by atoms with Gasteiger partial charge in [0.25, 0.3) is 0 Å². The Bertz CT molecular complexity index is 655. The van der Waals surface area contributed by atoms with Crippen molar-refractivity contribution in [3.05, 3.63) is 29.3 Å². The molecule has 0 aliphatic carbocycles. The van der Waals surface area contributed by atoms with Crippen LogP contribution in [0.5, 0.6) is 0 Å². The molecule has 1 saturated heterocycles. The lowest BCUT2D eigenvalue weighted by Crippen LogP contribution is -2.48. The summed E-state index contributed by atoms with van der Waals surface area (Å²) in [5.74, 6) is -0.0826. The van der Waals surface area contributed by atoms with Gasteiger partial charge in [0.2, 0.25) is 15.9 Å². The molecule has 2 atom stereocenters. The van der Waals surface area contributed by atoms with Gasteiger partial charge < -0.3 is 9.64 Å². The fraction of sp³-hybridized carbons (Fsp3) is 0.533. The van der Waals surface area contributed by atoms with E-state index in [9.17, 15) is 13.2 Å². The number of rotatable bonds is 5. The molecule has 0 bridgehead atoms. The first-order valence-electron chi connectivity index (χ1n) is 7.46. The van der Waals surface area contributed by atoms with E-state index in [4.69, 9.17) is 16.3 Å². The third-order valence-corrected chi connectivity index (χ3v) is 5.20. The van der Waals surface area contributed by atoms with Gasteiger partial charge in [-0.05, 0) is 32.0 Å². The number of amides is 1.